The number of aryl methyl sites for hydroxylation is 1. The van der Waals surface area contributed by atoms with Gasteiger partial charge < -0.3 is 5.32 Å². The summed E-state index contributed by atoms with van der Waals surface area (Å²) in [6.45, 7) is 1.81. The molecule has 0 aliphatic carbocycles. The van der Waals surface area contributed by atoms with E-state index in [1.165, 1.54) is 22.0 Å². The maximum absolute atomic E-state index is 13.3. The first-order valence-electron chi connectivity index (χ1n) is 10.5. The minimum Gasteiger partial charge on any atom is -0.352 e. The number of halogens is 1. The van der Waals surface area contributed by atoms with Gasteiger partial charge in [-0.1, -0.05) is 76.6 Å². The van der Waals surface area contributed by atoms with Gasteiger partial charge in [0.2, 0.25) is 15.9 Å². The van der Waals surface area contributed by atoms with Crippen molar-refractivity contribution in [1.29, 1.82) is 0 Å². The average molecular weight is 515 g/mol. The summed E-state index contributed by atoms with van der Waals surface area (Å²) in [7, 11) is -3.85. The van der Waals surface area contributed by atoms with Crippen molar-refractivity contribution in [3.8, 4) is 0 Å². The summed E-state index contributed by atoms with van der Waals surface area (Å²) in [5.74, 6) is -0.317. The lowest BCUT2D eigenvalue weighted by atomic mass is 10.1. The minimum absolute atomic E-state index is 0.0725. The molecule has 0 heterocycles. The second kappa shape index (κ2) is 11.4. The molecule has 0 radical (unpaired) electrons. The van der Waals surface area contributed by atoms with Gasteiger partial charge in [0.25, 0.3) is 0 Å². The summed E-state index contributed by atoms with van der Waals surface area (Å²) < 4.78 is 28.6. The number of sulfonamides is 1. The van der Waals surface area contributed by atoms with Crippen molar-refractivity contribution in [2.24, 2.45) is 0 Å². The topological polar surface area (TPSA) is 66.5 Å². The zero-order chi connectivity index (χ0) is 23.0. The van der Waals surface area contributed by atoms with Crippen LogP contribution in [-0.2, 0) is 27.8 Å². The lowest BCUT2D eigenvalue weighted by Crippen LogP contribution is -2.43. The summed E-state index contributed by atoms with van der Waals surface area (Å²) >= 11 is 3.33. The van der Waals surface area contributed by atoms with Gasteiger partial charge in [0.15, 0.2) is 0 Å². The summed E-state index contributed by atoms with van der Waals surface area (Å²) in [6.07, 6.45) is 1.61. The third-order valence-corrected chi connectivity index (χ3v) is 7.42. The van der Waals surface area contributed by atoms with E-state index in [0.29, 0.717) is 0 Å². The summed E-state index contributed by atoms with van der Waals surface area (Å²) in [5.41, 5.74) is 2.02. The Morgan fingerprint density at radius 2 is 1.47 bits per heavy atom. The van der Waals surface area contributed by atoms with Crippen LogP contribution in [0, 0.1) is 0 Å². The second-order valence-electron chi connectivity index (χ2n) is 7.71. The Labute approximate surface area is 198 Å². The molecule has 168 valence electrons. The normalized spacial score (nSPS) is 12.5. The number of amides is 1. The van der Waals surface area contributed by atoms with Crippen LogP contribution in [0.3, 0.4) is 0 Å². The van der Waals surface area contributed by atoms with E-state index in [0.717, 1.165) is 22.9 Å². The van der Waals surface area contributed by atoms with Crippen LogP contribution in [0.5, 0.6) is 0 Å². The molecule has 1 amide bonds. The molecule has 5 nitrogen and oxygen atoms in total. The van der Waals surface area contributed by atoms with Crippen LogP contribution >= 0.6 is 15.9 Å². The zero-order valence-electron chi connectivity index (χ0n) is 17.9. The van der Waals surface area contributed by atoms with Crippen molar-refractivity contribution >= 4 is 31.9 Å². The molecule has 0 saturated carbocycles. The third-order valence-electron chi connectivity index (χ3n) is 5.09. The lowest BCUT2D eigenvalue weighted by Gasteiger charge is -2.23. The summed E-state index contributed by atoms with van der Waals surface area (Å²) in [6, 6.07) is 25.7. The standard InChI is InChI=1S/C25H27BrN2O3S/c1-20(12-13-21-8-4-2-5-9-21)27-25(29)19-28(18-22-10-6-3-7-11-22)32(30,31)24-16-14-23(26)15-17-24/h2-11,14-17,20H,12-13,18-19H2,1H3,(H,27,29)/t20-/m0/s1. The minimum atomic E-state index is -3.85. The van der Waals surface area contributed by atoms with Crippen LogP contribution in [0.15, 0.2) is 94.3 Å². The van der Waals surface area contributed by atoms with Crippen molar-refractivity contribution in [1.82, 2.24) is 9.62 Å². The molecule has 3 aromatic rings. The summed E-state index contributed by atoms with van der Waals surface area (Å²) in [5, 5.41) is 2.95. The van der Waals surface area contributed by atoms with Crippen LogP contribution in [0.2, 0.25) is 0 Å². The summed E-state index contributed by atoms with van der Waals surface area (Å²) in [4.78, 5) is 12.9. The number of rotatable bonds is 10. The van der Waals surface area contributed by atoms with Gasteiger partial charge >= 0.3 is 0 Å². The Hall–Kier alpha value is -2.48. The van der Waals surface area contributed by atoms with Crippen LogP contribution in [0.4, 0.5) is 0 Å². The third kappa shape index (κ3) is 7.02. The number of carbonyl (C=O) groups excluding carboxylic acids is 1. The molecule has 0 bridgehead atoms. The predicted octanol–water partition coefficient (Wildman–Crippen LogP) is 4.78. The van der Waals surface area contributed by atoms with Gasteiger partial charge in [0.1, 0.15) is 0 Å². The van der Waals surface area contributed by atoms with Crippen LogP contribution in [0.1, 0.15) is 24.5 Å². The highest BCUT2D eigenvalue weighted by atomic mass is 79.9. The van der Waals surface area contributed by atoms with Gasteiger partial charge in [0.05, 0.1) is 11.4 Å². The molecule has 0 aliphatic heterocycles. The number of benzene rings is 3. The van der Waals surface area contributed by atoms with E-state index >= 15 is 0 Å². The molecular weight excluding hydrogens is 488 g/mol. The van der Waals surface area contributed by atoms with Gasteiger partial charge in [-0.2, -0.15) is 4.31 Å². The fourth-order valence-electron chi connectivity index (χ4n) is 3.35. The molecule has 1 atom stereocenters. The molecule has 0 spiro atoms. The van der Waals surface area contributed by atoms with E-state index in [9.17, 15) is 13.2 Å². The van der Waals surface area contributed by atoms with Gasteiger partial charge in [-0.3, -0.25) is 4.79 Å². The Morgan fingerprint density at radius 1 is 0.906 bits per heavy atom. The van der Waals surface area contributed by atoms with Gasteiger partial charge in [-0.15, -0.1) is 0 Å². The molecule has 1 N–H and O–H groups in total. The fourth-order valence-corrected chi connectivity index (χ4v) is 5.00. The Kier molecular flexibility index (Phi) is 8.61. The number of hydrogen-bond donors (Lipinski definition) is 1. The predicted molar refractivity (Wildman–Crippen MR) is 131 cm³/mol. The van der Waals surface area contributed by atoms with E-state index in [1.807, 2.05) is 55.5 Å². The van der Waals surface area contributed by atoms with E-state index < -0.39 is 10.0 Å². The smallest absolute Gasteiger partial charge is 0.243 e. The number of nitrogens with zero attached hydrogens (tertiary/aromatic N) is 1. The van der Waals surface area contributed by atoms with E-state index in [1.54, 1.807) is 12.1 Å². The molecular formula is C25H27BrN2O3S. The largest absolute Gasteiger partial charge is 0.352 e. The van der Waals surface area contributed by atoms with Crippen molar-refractivity contribution in [2.45, 2.75) is 37.2 Å². The maximum Gasteiger partial charge on any atom is 0.243 e. The quantitative estimate of drug-likeness (QED) is 0.423. The molecule has 0 fully saturated rings. The number of carbonyl (C=O) groups is 1. The van der Waals surface area contributed by atoms with Crippen LogP contribution < -0.4 is 5.32 Å². The second-order valence-corrected chi connectivity index (χ2v) is 10.6. The van der Waals surface area contributed by atoms with Gasteiger partial charge in [0, 0.05) is 17.1 Å². The fraction of sp³-hybridized carbons (Fsp3) is 0.240. The highest BCUT2D eigenvalue weighted by Gasteiger charge is 2.27. The van der Waals surface area contributed by atoms with E-state index in [-0.39, 0.29) is 29.9 Å². The highest BCUT2D eigenvalue weighted by Crippen LogP contribution is 2.21. The molecule has 32 heavy (non-hydrogen) atoms. The SMILES string of the molecule is C[C@@H](CCc1ccccc1)NC(=O)CN(Cc1ccccc1)S(=O)(=O)c1ccc(Br)cc1. The molecule has 3 aromatic carbocycles. The maximum atomic E-state index is 13.3. The molecule has 0 aromatic heterocycles. The van der Waals surface area contributed by atoms with Crippen molar-refractivity contribution in [3.05, 3.63) is 101 Å². The Bertz CT molecular complexity index is 1100. The van der Waals surface area contributed by atoms with Crippen molar-refractivity contribution in [2.75, 3.05) is 6.54 Å². The van der Waals surface area contributed by atoms with E-state index in [2.05, 4.69) is 33.4 Å². The number of hydrogen-bond acceptors (Lipinski definition) is 3. The highest BCUT2D eigenvalue weighted by molar-refractivity contribution is 9.10. The van der Waals surface area contributed by atoms with Crippen molar-refractivity contribution in [3.63, 3.8) is 0 Å². The van der Waals surface area contributed by atoms with E-state index in [4.69, 9.17) is 0 Å². The first-order valence-corrected chi connectivity index (χ1v) is 12.7. The average Bonchev–Trinajstić information content (AvgIpc) is 2.79. The monoisotopic (exact) mass is 514 g/mol. The van der Waals surface area contributed by atoms with Crippen LogP contribution in [-0.4, -0.2) is 31.2 Å². The van der Waals surface area contributed by atoms with Crippen molar-refractivity contribution < 1.29 is 13.2 Å². The first-order chi connectivity index (χ1) is 15.3. The first kappa shape index (κ1) is 24.2. The lowest BCUT2D eigenvalue weighted by molar-refractivity contribution is -0.122. The Morgan fingerprint density at radius 3 is 2.06 bits per heavy atom. The number of nitrogens with one attached hydrogen (secondary N) is 1. The molecule has 7 heteroatoms. The Balaban J connectivity index is 1.70. The zero-order valence-corrected chi connectivity index (χ0v) is 20.3. The molecule has 0 aliphatic rings. The molecule has 0 unspecified atom stereocenters. The van der Waals surface area contributed by atoms with Gasteiger partial charge in [-0.05, 0) is 55.2 Å². The molecule has 3 rings (SSSR count). The molecule has 0 saturated heterocycles. The van der Waals surface area contributed by atoms with Gasteiger partial charge in [-0.25, -0.2) is 8.42 Å². The van der Waals surface area contributed by atoms with Crippen LogP contribution in [0.25, 0.3) is 0 Å².